The van der Waals surface area contributed by atoms with Crippen LogP contribution in [0.3, 0.4) is 0 Å². The largest absolute Gasteiger partial charge is 0.463 e. The molecular weight excluding hydrogens is 396 g/mol. The summed E-state index contributed by atoms with van der Waals surface area (Å²) in [6, 6.07) is 0. The number of carbonyl (C=O) groups excluding carboxylic acids is 3. The van der Waals surface area contributed by atoms with Crippen LogP contribution in [0.5, 0.6) is 0 Å². The van der Waals surface area contributed by atoms with Crippen molar-refractivity contribution in [1.82, 2.24) is 0 Å². The predicted octanol–water partition coefficient (Wildman–Crippen LogP) is 4.92. The van der Waals surface area contributed by atoms with Crippen molar-refractivity contribution < 1.29 is 28.6 Å². The Morgan fingerprint density at radius 1 is 1.10 bits per heavy atom. The first-order chi connectivity index (χ1) is 14.4. The Balaban J connectivity index is 0.000000348. The fourth-order valence-electron chi connectivity index (χ4n) is 4.71. The van der Waals surface area contributed by atoms with Gasteiger partial charge in [0.2, 0.25) is 5.76 Å². The van der Waals surface area contributed by atoms with Crippen LogP contribution in [-0.4, -0.2) is 31.6 Å². The SMILES string of the molecule is C=C(C)C(=O)OC(=C)C(=O)OC.C=CCOC(=O)C(=CC)C1C[C@H]2CC[C@@]1(C)C2(C)C. The number of hydrogen-bond donors (Lipinski definition) is 0. The first kappa shape index (κ1) is 26.4. The Morgan fingerprint density at radius 2 is 1.71 bits per heavy atom. The summed E-state index contributed by atoms with van der Waals surface area (Å²) in [6.45, 7) is 20.9. The summed E-state index contributed by atoms with van der Waals surface area (Å²) in [6.07, 6.45) is 7.24. The van der Waals surface area contributed by atoms with Gasteiger partial charge in [0.05, 0.1) is 7.11 Å². The number of hydrogen-bond acceptors (Lipinski definition) is 6. The molecule has 0 aromatic heterocycles. The van der Waals surface area contributed by atoms with Gasteiger partial charge >= 0.3 is 17.9 Å². The number of allylic oxidation sites excluding steroid dienone is 1. The van der Waals surface area contributed by atoms with Gasteiger partial charge in [-0.05, 0) is 62.4 Å². The lowest BCUT2D eigenvalue weighted by atomic mass is 9.65. The van der Waals surface area contributed by atoms with Gasteiger partial charge in [0.1, 0.15) is 6.61 Å². The average molecular weight is 433 g/mol. The second-order valence-corrected chi connectivity index (χ2v) is 8.88. The minimum atomic E-state index is -0.774. The number of methoxy groups -OCH3 is 1. The van der Waals surface area contributed by atoms with Crippen LogP contribution < -0.4 is 0 Å². The van der Waals surface area contributed by atoms with E-state index in [1.54, 1.807) is 6.08 Å². The van der Waals surface area contributed by atoms with E-state index in [4.69, 9.17) is 4.74 Å². The Morgan fingerprint density at radius 3 is 2.10 bits per heavy atom. The van der Waals surface area contributed by atoms with Crippen molar-refractivity contribution in [3.05, 3.63) is 48.8 Å². The zero-order valence-electron chi connectivity index (χ0n) is 19.7. The quantitative estimate of drug-likeness (QED) is 0.187. The van der Waals surface area contributed by atoms with Crippen molar-refractivity contribution in [1.29, 1.82) is 0 Å². The van der Waals surface area contributed by atoms with Crippen LogP contribution in [0.1, 0.15) is 53.9 Å². The summed E-state index contributed by atoms with van der Waals surface area (Å²) in [7, 11) is 1.17. The van der Waals surface area contributed by atoms with Crippen LogP contribution in [0.15, 0.2) is 48.8 Å². The maximum atomic E-state index is 12.2. The molecule has 0 aromatic rings. The second kappa shape index (κ2) is 10.6. The van der Waals surface area contributed by atoms with Crippen LogP contribution in [-0.2, 0) is 28.6 Å². The van der Waals surface area contributed by atoms with E-state index in [0.717, 1.165) is 17.9 Å². The molecule has 0 amide bonds. The summed E-state index contributed by atoms with van der Waals surface area (Å²) in [5.41, 5.74) is 1.62. The van der Waals surface area contributed by atoms with Gasteiger partial charge in [-0.1, -0.05) is 46.1 Å². The lowest BCUT2D eigenvalue weighted by Gasteiger charge is -2.39. The summed E-state index contributed by atoms with van der Waals surface area (Å²) in [4.78, 5) is 33.6. The number of fused-ring (bicyclic) bond motifs is 2. The van der Waals surface area contributed by atoms with E-state index in [0.29, 0.717) is 17.9 Å². The molecule has 0 radical (unpaired) electrons. The van der Waals surface area contributed by atoms with Crippen LogP contribution in [0.2, 0.25) is 0 Å². The Hall–Kier alpha value is -2.63. The molecule has 0 N–H and O–H groups in total. The molecule has 2 aliphatic rings. The molecule has 1 unspecified atom stereocenters. The maximum Gasteiger partial charge on any atom is 0.373 e. The molecule has 0 saturated heterocycles. The molecular formula is C25H36O6. The highest BCUT2D eigenvalue weighted by Crippen LogP contribution is 2.69. The number of rotatable bonds is 7. The molecule has 0 aromatic carbocycles. The van der Waals surface area contributed by atoms with Crippen molar-refractivity contribution in [2.75, 3.05) is 13.7 Å². The molecule has 3 atom stereocenters. The fraction of sp³-hybridized carbons (Fsp3) is 0.560. The van der Waals surface area contributed by atoms with Crippen LogP contribution in [0.4, 0.5) is 0 Å². The first-order valence-corrected chi connectivity index (χ1v) is 10.5. The van der Waals surface area contributed by atoms with E-state index < -0.39 is 11.9 Å². The van der Waals surface area contributed by atoms with Gasteiger partial charge in [-0.3, -0.25) is 0 Å². The summed E-state index contributed by atoms with van der Waals surface area (Å²) < 4.78 is 14.0. The summed E-state index contributed by atoms with van der Waals surface area (Å²) in [5, 5.41) is 0. The molecule has 0 aliphatic heterocycles. The molecule has 0 spiro atoms. The molecule has 172 valence electrons. The lowest BCUT2D eigenvalue weighted by Crippen LogP contribution is -2.35. The van der Waals surface area contributed by atoms with Gasteiger partial charge in [0.25, 0.3) is 0 Å². The third-order valence-electron chi connectivity index (χ3n) is 7.03. The number of ether oxygens (including phenoxy) is 3. The third kappa shape index (κ3) is 5.54. The Kier molecular flexibility index (Phi) is 9.03. The van der Waals surface area contributed by atoms with Crippen molar-refractivity contribution in [2.24, 2.45) is 22.7 Å². The van der Waals surface area contributed by atoms with Crippen LogP contribution >= 0.6 is 0 Å². The highest BCUT2D eigenvalue weighted by molar-refractivity contribution is 5.93. The summed E-state index contributed by atoms with van der Waals surface area (Å²) in [5.74, 6) is -0.870. The minimum Gasteiger partial charge on any atom is -0.463 e. The average Bonchev–Trinajstić information content (AvgIpc) is 3.06. The topological polar surface area (TPSA) is 78.9 Å². The van der Waals surface area contributed by atoms with E-state index in [-0.39, 0.29) is 22.7 Å². The van der Waals surface area contributed by atoms with Crippen LogP contribution in [0.25, 0.3) is 0 Å². The van der Waals surface area contributed by atoms with Crippen molar-refractivity contribution >= 4 is 17.9 Å². The van der Waals surface area contributed by atoms with Crippen molar-refractivity contribution in [3.8, 4) is 0 Å². The molecule has 0 heterocycles. The number of carbonyl (C=O) groups is 3. The van der Waals surface area contributed by atoms with Gasteiger partial charge in [0, 0.05) is 11.1 Å². The molecule has 6 heteroatoms. The van der Waals surface area contributed by atoms with Gasteiger partial charge < -0.3 is 14.2 Å². The Bertz CT molecular complexity index is 788. The van der Waals surface area contributed by atoms with Gasteiger partial charge in [-0.2, -0.15) is 0 Å². The molecule has 2 fully saturated rings. The van der Waals surface area contributed by atoms with Crippen LogP contribution in [0, 0.1) is 22.7 Å². The normalized spacial score (nSPS) is 25.5. The van der Waals surface area contributed by atoms with E-state index in [2.05, 4.69) is 50.0 Å². The molecule has 2 bridgehead atoms. The van der Waals surface area contributed by atoms with Gasteiger partial charge in [0.15, 0.2) is 0 Å². The van der Waals surface area contributed by atoms with Crippen molar-refractivity contribution in [2.45, 2.75) is 53.9 Å². The smallest absolute Gasteiger partial charge is 0.373 e. The highest BCUT2D eigenvalue weighted by Gasteiger charge is 2.62. The highest BCUT2D eigenvalue weighted by atomic mass is 16.6. The molecule has 2 rings (SSSR count). The lowest BCUT2D eigenvalue weighted by molar-refractivity contribution is -0.147. The van der Waals surface area contributed by atoms with E-state index >= 15 is 0 Å². The summed E-state index contributed by atoms with van der Waals surface area (Å²) >= 11 is 0. The molecule has 2 aliphatic carbocycles. The Labute approximate surface area is 186 Å². The zero-order valence-corrected chi connectivity index (χ0v) is 19.7. The predicted molar refractivity (Wildman–Crippen MR) is 120 cm³/mol. The number of esters is 3. The molecule has 6 nitrogen and oxygen atoms in total. The third-order valence-corrected chi connectivity index (χ3v) is 7.03. The van der Waals surface area contributed by atoms with Gasteiger partial charge in [-0.25, -0.2) is 14.4 Å². The zero-order chi connectivity index (χ0) is 24.0. The van der Waals surface area contributed by atoms with E-state index in [1.807, 2.05) is 13.0 Å². The van der Waals surface area contributed by atoms with E-state index in [9.17, 15) is 14.4 Å². The second-order valence-electron chi connectivity index (χ2n) is 8.88. The van der Waals surface area contributed by atoms with E-state index in [1.165, 1.54) is 26.9 Å². The van der Waals surface area contributed by atoms with Crippen molar-refractivity contribution in [3.63, 3.8) is 0 Å². The standard InChI is InChI=1S/C17H26O2.C8H10O4/c1-6-10-19-15(18)13(7-2)14-11-12-8-9-17(14,5)16(12,3)4;1-5(2)7(9)12-6(3)8(10)11-4/h6-7,12,14H,1,8-11H2,2-5H3;1,3H2,2,4H3/t12-,14?,17-;/m1./s1. The maximum absolute atomic E-state index is 12.2. The fourth-order valence-corrected chi connectivity index (χ4v) is 4.71. The molecule has 2 saturated carbocycles. The monoisotopic (exact) mass is 432 g/mol. The van der Waals surface area contributed by atoms with Gasteiger partial charge in [-0.15, -0.1) is 0 Å². The minimum absolute atomic E-state index is 0.156. The molecule has 31 heavy (non-hydrogen) atoms. The first-order valence-electron chi connectivity index (χ1n) is 10.5.